The Balaban J connectivity index is 2.76. The first kappa shape index (κ1) is 21.0. The molecule has 0 saturated carbocycles. The Morgan fingerprint density at radius 3 is 2.46 bits per heavy atom. The molecule has 0 aromatic heterocycles. The lowest BCUT2D eigenvalue weighted by Crippen LogP contribution is -2.47. The van der Waals surface area contributed by atoms with Crippen molar-refractivity contribution in [3.05, 3.63) is 29.8 Å². The van der Waals surface area contributed by atoms with Crippen LogP contribution >= 0.6 is 11.8 Å². The quantitative estimate of drug-likeness (QED) is 0.586. The van der Waals surface area contributed by atoms with Crippen LogP contribution in [0.15, 0.2) is 29.2 Å². The minimum absolute atomic E-state index is 0.182. The molecule has 0 aliphatic heterocycles. The summed E-state index contributed by atoms with van der Waals surface area (Å²) in [5.74, 6) is 0.458. The zero-order chi connectivity index (χ0) is 18.0. The smallest absolute Gasteiger partial charge is 0.241 e. The fourth-order valence-electron chi connectivity index (χ4n) is 2.16. The lowest BCUT2D eigenvalue weighted by molar-refractivity contribution is -0.122. The average Bonchev–Trinajstić information content (AvgIpc) is 2.55. The van der Waals surface area contributed by atoms with Gasteiger partial charge in [0.1, 0.15) is 6.04 Å². The summed E-state index contributed by atoms with van der Waals surface area (Å²) in [5, 5.41) is 2.83. The monoisotopic (exact) mass is 372 g/mol. The summed E-state index contributed by atoms with van der Waals surface area (Å²) in [4.78, 5) is 12.5. The molecule has 0 fully saturated rings. The number of sulfonamides is 1. The third kappa shape index (κ3) is 7.23. The first-order valence-corrected chi connectivity index (χ1v) is 11.1. The molecule has 24 heavy (non-hydrogen) atoms. The number of carbonyl (C=O) groups excluding carboxylic acids is 1. The van der Waals surface area contributed by atoms with Crippen molar-refractivity contribution < 1.29 is 13.2 Å². The summed E-state index contributed by atoms with van der Waals surface area (Å²) in [7, 11) is -3.71. The predicted octanol–water partition coefficient (Wildman–Crippen LogP) is 2.70. The van der Waals surface area contributed by atoms with Crippen molar-refractivity contribution in [3.63, 3.8) is 0 Å². The Kier molecular flexibility index (Phi) is 9.39. The topological polar surface area (TPSA) is 75.3 Å². The molecule has 1 unspecified atom stereocenters. The van der Waals surface area contributed by atoms with E-state index in [9.17, 15) is 13.2 Å². The molecule has 0 aliphatic carbocycles. The maximum Gasteiger partial charge on any atom is 0.241 e. The van der Waals surface area contributed by atoms with Crippen molar-refractivity contribution in [2.24, 2.45) is 0 Å². The summed E-state index contributed by atoms with van der Waals surface area (Å²) in [6, 6.07) is 5.86. The van der Waals surface area contributed by atoms with Crippen LogP contribution in [0.25, 0.3) is 0 Å². The van der Waals surface area contributed by atoms with Gasteiger partial charge in [-0.05, 0) is 43.9 Å². The molecule has 1 amide bonds. The van der Waals surface area contributed by atoms with Crippen LogP contribution in [0.1, 0.15) is 38.2 Å². The van der Waals surface area contributed by atoms with E-state index >= 15 is 0 Å². The molecule has 0 aliphatic rings. The molecular formula is C17H28N2O3S2. The fourth-order valence-corrected chi connectivity index (χ4v) is 3.86. The number of hydrogen-bond acceptors (Lipinski definition) is 4. The van der Waals surface area contributed by atoms with Crippen LogP contribution < -0.4 is 10.0 Å². The SMILES string of the molecule is CCCCCNC(=O)C(CCSC)NS(=O)(=O)c1ccc(C)cc1. The van der Waals surface area contributed by atoms with Gasteiger partial charge in [-0.1, -0.05) is 37.5 Å². The number of nitrogens with one attached hydrogen (secondary N) is 2. The van der Waals surface area contributed by atoms with Crippen molar-refractivity contribution in [1.82, 2.24) is 10.0 Å². The van der Waals surface area contributed by atoms with Gasteiger partial charge in [0, 0.05) is 6.54 Å². The van der Waals surface area contributed by atoms with Crippen molar-refractivity contribution in [1.29, 1.82) is 0 Å². The van der Waals surface area contributed by atoms with Crippen LogP contribution in [-0.4, -0.2) is 38.9 Å². The second-order valence-electron chi connectivity index (χ2n) is 5.77. The van der Waals surface area contributed by atoms with Gasteiger partial charge in [-0.15, -0.1) is 0 Å². The molecule has 1 rings (SSSR count). The highest BCUT2D eigenvalue weighted by atomic mass is 32.2. The van der Waals surface area contributed by atoms with Gasteiger partial charge in [0.25, 0.3) is 0 Å². The van der Waals surface area contributed by atoms with E-state index in [4.69, 9.17) is 0 Å². The molecule has 1 atom stereocenters. The number of aryl methyl sites for hydroxylation is 1. The Hall–Kier alpha value is -1.05. The van der Waals surface area contributed by atoms with Crippen molar-refractivity contribution >= 4 is 27.7 Å². The lowest BCUT2D eigenvalue weighted by Gasteiger charge is -2.18. The van der Waals surface area contributed by atoms with Crippen LogP contribution in [0.2, 0.25) is 0 Å². The third-order valence-electron chi connectivity index (χ3n) is 3.64. The maximum absolute atomic E-state index is 12.5. The predicted molar refractivity (Wildman–Crippen MR) is 101 cm³/mol. The number of thioether (sulfide) groups is 1. The number of benzene rings is 1. The van der Waals surface area contributed by atoms with Crippen molar-refractivity contribution in [2.75, 3.05) is 18.6 Å². The molecule has 0 saturated heterocycles. The fraction of sp³-hybridized carbons (Fsp3) is 0.588. The van der Waals surface area contributed by atoms with E-state index in [1.54, 1.807) is 36.0 Å². The Bertz CT molecular complexity index is 601. The van der Waals surface area contributed by atoms with E-state index in [0.29, 0.717) is 18.7 Å². The molecule has 0 spiro atoms. The second-order valence-corrected chi connectivity index (χ2v) is 8.47. The van der Waals surface area contributed by atoms with E-state index in [0.717, 1.165) is 24.8 Å². The van der Waals surface area contributed by atoms with Crippen LogP contribution in [-0.2, 0) is 14.8 Å². The first-order chi connectivity index (χ1) is 11.4. The summed E-state index contributed by atoms with van der Waals surface area (Å²) in [5.41, 5.74) is 0.988. The molecule has 0 radical (unpaired) electrons. The summed E-state index contributed by atoms with van der Waals surface area (Å²) in [6.07, 6.45) is 5.43. The number of amides is 1. The lowest BCUT2D eigenvalue weighted by atomic mass is 10.2. The Labute approximate surface area is 150 Å². The molecule has 7 heteroatoms. The Morgan fingerprint density at radius 1 is 1.21 bits per heavy atom. The molecular weight excluding hydrogens is 344 g/mol. The number of unbranched alkanes of at least 4 members (excludes halogenated alkanes) is 2. The van der Waals surface area contributed by atoms with Gasteiger partial charge >= 0.3 is 0 Å². The van der Waals surface area contributed by atoms with Gasteiger partial charge < -0.3 is 5.32 Å². The van der Waals surface area contributed by atoms with Crippen LogP contribution in [0.5, 0.6) is 0 Å². The van der Waals surface area contributed by atoms with Crippen LogP contribution in [0.3, 0.4) is 0 Å². The molecule has 0 heterocycles. The molecule has 1 aromatic carbocycles. The first-order valence-electron chi connectivity index (χ1n) is 8.26. The zero-order valence-electron chi connectivity index (χ0n) is 14.7. The minimum Gasteiger partial charge on any atom is -0.355 e. The molecule has 136 valence electrons. The molecule has 1 aromatic rings. The van der Waals surface area contributed by atoms with Crippen molar-refractivity contribution in [3.8, 4) is 0 Å². The van der Waals surface area contributed by atoms with Gasteiger partial charge in [-0.3, -0.25) is 4.79 Å². The number of hydrogen-bond donors (Lipinski definition) is 2. The average molecular weight is 373 g/mol. The van der Waals surface area contributed by atoms with Crippen LogP contribution in [0, 0.1) is 6.92 Å². The molecule has 2 N–H and O–H groups in total. The molecule has 0 bridgehead atoms. The summed E-state index contributed by atoms with van der Waals surface area (Å²) >= 11 is 1.59. The van der Waals surface area contributed by atoms with Gasteiger partial charge in [0.2, 0.25) is 15.9 Å². The Morgan fingerprint density at radius 2 is 1.88 bits per heavy atom. The minimum atomic E-state index is -3.71. The summed E-state index contributed by atoms with van der Waals surface area (Å²) < 4.78 is 27.6. The van der Waals surface area contributed by atoms with Gasteiger partial charge in [-0.25, -0.2) is 8.42 Å². The second kappa shape index (κ2) is 10.7. The van der Waals surface area contributed by atoms with E-state index in [2.05, 4.69) is 17.0 Å². The third-order valence-corrected chi connectivity index (χ3v) is 5.77. The van der Waals surface area contributed by atoms with Gasteiger partial charge in [-0.2, -0.15) is 16.5 Å². The number of rotatable bonds is 11. The van der Waals surface area contributed by atoms with Gasteiger partial charge in [0.15, 0.2) is 0 Å². The van der Waals surface area contributed by atoms with Crippen molar-refractivity contribution in [2.45, 2.75) is 50.5 Å². The highest BCUT2D eigenvalue weighted by Crippen LogP contribution is 2.12. The largest absolute Gasteiger partial charge is 0.355 e. The highest BCUT2D eigenvalue weighted by molar-refractivity contribution is 7.98. The number of carbonyl (C=O) groups is 1. The highest BCUT2D eigenvalue weighted by Gasteiger charge is 2.25. The van der Waals surface area contributed by atoms with E-state index in [1.165, 1.54) is 0 Å². The maximum atomic E-state index is 12.5. The standard InChI is InChI=1S/C17H28N2O3S2/c1-4-5-6-12-18-17(20)16(11-13-23-3)19-24(21,22)15-9-7-14(2)8-10-15/h7-10,16,19H,4-6,11-13H2,1-3H3,(H,18,20). The zero-order valence-corrected chi connectivity index (χ0v) is 16.3. The van der Waals surface area contributed by atoms with Gasteiger partial charge in [0.05, 0.1) is 4.90 Å². The van der Waals surface area contributed by atoms with E-state index in [-0.39, 0.29) is 10.8 Å². The van der Waals surface area contributed by atoms with E-state index in [1.807, 2.05) is 13.2 Å². The summed E-state index contributed by atoms with van der Waals surface area (Å²) in [6.45, 7) is 4.57. The normalized spacial score (nSPS) is 12.8. The van der Waals surface area contributed by atoms with Crippen LogP contribution in [0.4, 0.5) is 0 Å². The molecule has 5 nitrogen and oxygen atoms in total. The van der Waals surface area contributed by atoms with E-state index < -0.39 is 16.1 Å².